The van der Waals surface area contributed by atoms with Crippen molar-refractivity contribution in [3.63, 3.8) is 0 Å². The highest BCUT2D eigenvalue weighted by atomic mass is 32.1. The Labute approximate surface area is 96.4 Å². The third-order valence-corrected chi connectivity index (χ3v) is 2.79. The van der Waals surface area contributed by atoms with Gasteiger partial charge in [-0.25, -0.2) is 4.79 Å². The molecule has 1 aromatic heterocycles. The highest BCUT2D eigenvalue weighted by Gasteiger charge is 2.03. The molecule has 4 nitrogen and oxygen atoms in total. The van der Waals surface area contributed by atoms with Crippen LogP contribution in [0.2, 0.25) is 0 Å². The predicted molar refractivity (Wildman–Crippen MR) is 62.3 cm³/mol. The number of hydrogen-bond acceptors (Lipinski definition) is 5. The molecule has 0 radical (unpaired) electrons. The highest BCUT2D eigenvalue weighted by Crippen LogP contribution is 2.22. The molecular weight excluding hydrogens is 228 g/mol. The van der Waals surface area contributed by atoms with Gasteiger partial charge in [-0.15, -0.1) is 0 Å². The van der Waals surface area contributed by atoms with Crippen LogP contribution in [0, 0.1) is 0 Å². The zero-order chi connectivity index (χ0) is 11.4. The molecule has 0 amide bonds. The summed E-state index contributed by atoms with van der Waals surface area (Å²) in [6.07, 6.45) is 0. The van der Waals surface area contributed by atoms with Gasteiger partial charge in [0.25, 0.3) is 0 Å². The molecule has 0 atom stereocenters. The van der Waals surface area contributed by atoms with Crippen molar-refractivity contribution in [3.05, 3.63) is 27.9 Å². The Kier molecular flexibility index (Phi) is 3.58. The van der Waals surface area contributed by atoms with Crippen molar-refractivity contribution < 1.29 is 13.9 Å². The maximum absolute atomic E-state index is 11.0. The Morgan fingerprint density at radius 1 is 1.38 bits per heavy atom. The van der Waals surface area contributed by atoms with Gasteiger partial charge in [-0.2, -0.15) is 0 Å². The summed E-state index contributed by atoms with van der Waals surface area (Å²) in [4.78, 5) is 10.7. The van der Waals surface area contributed by atoms with Crippen LogP contribution in [0.3, 0.4) is 0 Å². The Hall–Kier alpha value is -1.33. The monoisotopic (exact) mass is 240 g/mol. The Morgan fingerprint density at radius 2 is 2.25 bits per heavy atom. The second-order valence-corrected chi connectivity index (χ2v) is 4.09. The van der Waals surface area contributed by atoms with Crippen LogP contribution in [0.5, 0.6) is 5.75 Å². The molecule has 0 aliphatic carbocycles. The number of hydrogen-bond donors (Lipinski definition) is 0. The maximum atomic E-state index is 11.0. The Morgan fingerprint density at radius 3 is 3.06 bits per heavy atom. The minimum Gasteiger partial charge on any atom is -0.491 e. The topological polar surface area (TPSA) is 48.7 Å². The summed E-state index contributed by atoms with van der Waals surface area (Å²) in [5.74, 6) is 0.726. The molecule has 16 heavy (non-hydrogen) atoms. The molecule has 2 aromatic rings. The molecule has 0 spiro atoms. The van der Waals surface area contributed by atoms with Gasteiger partial charge in [-0.1, -0.05) is 11.3 Å². The average molecular weight is 240 g/mol. The van der Waals surface area contributed by atoms with Gasteiger partial charge in [0.2, 0.25) is 0 Å². The van der Waals surface area contributed by atoms with Gasteiger partial charge in [0.15, 0.2) is 0 Å². The summed E-state index contributed by atoms with van der Waals surface area (Å²) in [6, 6.07) is 5.32. The summed E-state index contributed by atoms with van der Waals surface area (Å²) < 4.78 is 16.4. The molecule has 0 aliphatic heterocycles. The average Bonchev–Trinajstić information content (AvgIpc) is 2.64. The van der Waals surface area contributed by atoms with Crippen molar-refractivity contribution in [3.8, 4) is 5.75 Å². The van der Waals surface area contributed by atoms with E-state index in [9.17, 15) is 4.79 Å². The van der Waals surface area contributed by atoms with Crippen LogP contribution in [0.1, 0.15) is 6.92 Å². The number of ether oxygens (including phenoxy) is 2. The first-order chi connectivity index (χ1) is 7.79. The fourth-order valence-electron chi connectivity index (χ4n) is 1.31. The van der Waals surface area contributed by atoms with E-state index in [4.69, 9.17) is 13.9 Å². The minimum absolute atomic E-state index is 0.290. The summed E-state index contributed by atoms with van der Waals surface area (Å²) in [5, 5.41) is 0. The highest BCUT2D eigenvalue weighted by molar-refractivity contribution is 7.16. The quantitative estimate of drug-likeness (QED) is 0.752. The zero-order valence-corrected chi connectivity index (χ0v) is 9.71. The molecule has 1 aromatic carbocycles. The van der Waals surface area contributed by atoms with Crippen LogP contribution in [-0.2, 0) is 4.74 Å². The van der Waals surface area contributed by atoms with Crippen molar-refractivity contribution in [2.45, 2.75) is 6.92 Å². The van der Waals surface area contributed by atoms with Gasteiger partial charge >= 0.3 is 4.94 Å². The Balaban J connectivity index is 2.04. The summed E-state index contributed by atoms with van der Waals surface area (Å²) in [7, 11) is 0. The molecule has 0 fully saturated rings. The van der Waals surface area contributed by atoms with E-state index in [1.165, 1.54) is 0 Å². The van der Waals surface area contributed by atoms with Gasteiger partial charge in [-0.3, -0.25) is 0 Å². The molecule has 0 N–H and O–H groups in total. The van der Waals surface area contributed by atoms with Gasteiger partial charge in [0.05, 0.1) is 11.3 Å². The first-order valence-corrected chi connectivity index (χ1v) is 5.85. The molecule has 0 bridgehead atoms. The van der Waals surface area contributed by atoms with Crippen molar-refractivity contribution >= 4 is 21.6 Å². The van der Waals surface area contributed by atoms with E-state index in [2.05, 4.69) is 0 Å². The fraction of sp³-hybridized carbons (Fsp3) is 0.364. The predicted octanol–water partition coefficient (Wildman–Crippen LogP) is 2.27. The van der Waals surface area contributed by atoms with Gasteiger partial charge in [0.1, 0.15) is 17.9 Å². The molecule has 1 heterocycles. The lowest BCUT2D eigenvalue weighted by molar-refractivity contribution is 0.110. The largest absolute Gasteiger partial charge is 0.491 e. The molecule has 0 saturated heterocycles. The van der Waals surface area contributed by atoms with Gasteiger partial charge in [-0.05, 0) is 19.1 Å². The Bertz CT molecular complexity index is 514. The molecule has 2 rings (SSSR count). The standard InChI is InChI=1S/C11H12O4S/c1-2-13-5-6-14-8-3-4-9-10(7-8)16-11(12)15-9/h3-4,7H,2,5-6H2,1H3. The lowest BCUT2D eigenvalue weighted by atomic mass is 10.3. The molecule has 5 heteroatoms. The second-order valence-electron chi connectivity index (χ2n) is 3.11. The van der Waals surface area contributed by atoms with E-state index in [0.717, 1.165) is 21.8 Å². The van der Waals surface area contributed by atoms with E-state index in [0.29, 0.717) is 25.4 Å². The summed E-state index contributed by atoms with van der Waals surface area (Å²) in [6.45, 7) is 3.70. The number of benzene rings is 1. The van der Waals surface area contributed by atoms with E-state index in [1.807, 2.05) is 6.92 Å². The van der Waals surface area contributed by atoms with Crippen LogP contribution >= 0.6 is 11.3 Å². The lowest BCUT2D eigenvalue weighted by Gasteiger charge is -2.05. The minimum atomic E-state index is -0.290. The van der Waals surface area contributed by atoms with Crippen molar-refractivity contribution in [1.29, 1.82) is 0 Å². The van der Waals surface area contributed by atoms with E-state index in [1.54, 1.807) is 18.2 Å². The number of rotatable bonds is 5. The molecule has 0 unspecified atom stereocenters. The summed E-state index contributed by atoms with van der Waals surface area (Å²) in [5.41, 5.74) is 0.604. The number of fused-ring (bicyclic) bond motifs is 1. The van der Waals surface area contributed by atoms with Crippen LogP contribution in [-0.4, -0.2) is 19.8 Å². The second kappa shape index (κ2) is 5.14. The van der Waals surface area contributed by atoms with E-state index < -0.39 is 0 Å². The van der Waals surface area contributed by atoms with Crippen molar-refractivity contribution in [2.75, 3.05) is 19.8 Å². The van der Waals surface area contributed by atoms with Crippen molar-refractivity contribution in [2.24, 2.45) is 0 Å². The van der Waals surface area contributed by atoms with Crippen LogP contribution in [0.4, 0.5) is 0 Å². The molecule has 0 saturated carbocycles. The SMILES string of the molecule is CCOCCOc1ccc2oc(=O)sc2c1. The van der Waals surface area contributed by atoms with Crippen LogP contribution in [0.25, 0.3) is 10.3 Å². The fourth-order valence-corrected chi connectivity index (χ4v) is 2.00. The van der Waals surface area contributed by atoms with Gasteiger partial charge in [0, 0.05) is 12.7 Å². The van der Waals surface area contributed by atoms with Crippen LogP contribution < -0.4 is 9.68 Å². The first kappa shape index (κ1) is 11.2. The first-order valence-electron chi connectivity index (χ1n) is 5.04. The normalized spacial score (nSPS) is 10.8. The molecule has 0 aliphatic rings. The zero-order valence-electron chi connectivity index (χ0n) is 8.89. The third-order valence-electron chi connectivity index (χ3n) is 2.00. The maximum Gasteiger partial charge on any atom is 0.396 e. The third kappa shape index (κ3) is 2.62. The smallest absolute Gasteiger partial charge is 0.396 e. The van der Waals surface area contributed by atoms with Crippen molar-refractivity contribution in [1.82, 2.24) is 0 Å². The lowest BCUT2D eigenvalue weighted by Crippen LogP contribution is -2.05. The van der Waals surface area contributed by atoms with E-state index in [-0.39, 0.29) is 4.94 Å². The molecular formula is C11H12O4S. The summed E-state index contributed by atoms with van der Waals surface area (Å²) >= 11 is 1.08. The van der Waals surface area contributed by atoms with Crippen LogP contribution in [0.15, 0.2) is 27.4 Å². The van der Waals surface area contributed by atoms with Gasteiger partial charge < -0.3 is 13.9 Å². The molecule has 86 valence electrons. The van der Waals surface area contributed by atoms with E-state index >= 15 is 0 Å².